The van der Waals surface area contributed by atoms with Gasteiger partial charge in [0.2, 0.25) is 0 Å². The van der Waals surface area contributed by atoms with E-state index >= 15 is 0 Å². The minimum atomic E-state index is -0.307. The van der Waals surface area contributed by atoms with Crippen LogP contribution in [-0.2, 0) is 0 Å². The molecule has 0 spiro atoms. The fourth-order valence-corrected chi connectivity index (χ4v) is 4.13. The molecule has 0 unspecified atom stereocenters. The molecule has 0 atom stereocenters. The number of halogens is 1. The van der Waals surface area contributed by atoms with E-state index in [0.717, 1.165) is 25.7 Å². The van der Waals surface area contributed by atoms with Crippen LogP contribution in [0.5, 0.6) is 0 Å². The Morgan fingerprint density at radius 2 is 1.59 bits per heavy atom. The van der Waals surface area contributed by atoms with Gasteiger partial charge >= 0.3 is 0 Å². The van der Waals surface area contributed by atoms with Gasteiger partial charge in [0.1, 0.15) is 0 Å². The van der Waals surface area contributed by atoms with Gasteiger partial charge < -0.3 is 10.2 Å². The smallest absolute Gasteiger partial charge is 0.258 e. The highest BCUT2D eigenvalue weighted by Gasteiger charge is 2.21. The van der Waals surface area contributed by atoms with E-state index in [2.05, 4.69) is 26.6 Å². The van der Waals surface area contributed by atoms with Crippen LogP contribution >= 0.6 is 28.1 Å². The highest BCUT2D eigenvalue weighted by Crippen LogP contribution is 2.22. The number of hydrogen-bond acceptors (Lipinski definition) is 3. The number of anilines is 1. The van der Waals surface area contributed by atoms with Crippen molar-refractivity contribution in [1.82, 2.24) is 10.6 Å². The Bertz CT molecular complexity index is 912. The largest absolute Gasteiger partial charge is 0.349 e. The molecule has 0 aliphatic heterocycles. The van der Waals surface area contributed by atoms with Crippen molar-refractivity contribution in [3.8, 4) is 0 Å². The summed E-state index contributed by atoms with van der Waals surface area (Å²) in [5, 5.41) is 6.11. The molecule has 2 aromatic carbocycles. The zero-order valence-electron chi connectivity index (χ0n) is 16.3. The summed E-state index contributed by atoms with van der Waals surface area (Å²) >= 11 is 8.81. The topological polar surface area (TPSA) is 61.4 Å². The molecule has 0 bridgehead atoms. The van der Waals surface area contributed by atoms with Crippen LogP contribution in [0.3, 0.4) is 0 Å². The van der Waals surface area contributed by atoms with Crippen LogP contribution in [0.25, 0.3) is 0 Å². The lowest BCUT2D eigenvalue weighted by atomic mass is 9.95. The molecule has 0 radical (unpaired) electrons. The van der Waals surface area contributed by atoms with Crippen LogP contribution in [0.2, 0.25) is 0 Å². The molecule has 3 rings (SSSR count). The number of rotatable bonds is 4. The van der Waals surface area contributed by atoms with E-state index in [1.165, 1.54) is 6.42 Å². The van der Waals surface area contributed by atoms with Crippen molar-refractivity contribution in [3.05, 3.63) is 64.1 Å². The lowest BCUT2D eigenvalue weighted by Crippen LogP contribution is -2.42. The van der Waals surface area contributed by atoms with Gasteiger partial charge in [0.25, 0.3) is 11.8 Å². The first kappa shape index (κ1) is 21.5. The molecule has 2 amide bonds. The molecule has 0 heterocycles. The van der Waals surface area contributed by atoms with Crippen molar-refractivity contribution in [2.75, 3.05) is 11.9 Å². The summed E-state index contributed by atoms with van der Waals surface area (Å²) in [5.41, 5.74) is 1.68. The quantitative estimate of drug-likeness (QED) is 0.633. The molecule has 0 aromatic heterocycles. The minimum Gasteiger partial charge on any atom is -0.349 e. The average Bonchev–Trinajstić information content (AvgIpc) is 2.74. The molecule has 5 nitrogen and oxygen atoms in total. The second kappa shape index (κ2) is 9.98. The van der Waals surface area contributed by atoms with Gasteiger partial charge in [-0.3, -0.25) is 14.9 Å². The van der Waals surface area contributed by atoms with Crippen LogP contribution in [0.4, 0.5) is 5.69 Å². The van der Waals surface area contributed by atoms with E-state index in [9.17, 15) is 9.59 Å². The molecular formula is C22H24BrN3O2S. The van der Waals surface area contributed by atoms with E-state index in [0.29, 0.717) is 21.3 Å². The second-order valence-corrected chi connectivity index (χ2v) is 8.36. The number of nitrogens with zero attached hydrogens (tertiary/aromatic N) is 1. The zero-order valence-corrected chi connectivity index (χ0v) is 18.7. The summed E-state index contributed by atoms with van der Waals surface area (Å²) in [6, 6.07) is 14.6. The Kier molecular flexibility index (Phi) is 7.39. The third-order valence-corrected chi connectivity index (χ3v) is 6.16. The number of benzene rings is 2. The Morgan fingerprint density at radius 1 is 0.966 bits per heavy atom. The number of amides is 2. The summed E-state index contributed by atoms with van der Waals surface area (Å²) < 4.78 is 0.690. The highest BCUT2D eigenvalue weighted by atomic mass is 79.9. The van der Waals surface area contributed by atoms with Crippen molar-refractivity contribution >= 4 is 50.8 Å². The third-order valence-electron chi connectivity index (χ3n) is 5.09. The fourth-order valence-electron chi connectivity index (χ4n) is 3.47. The molecule has 7 heteroatoms. The van der Waals surface area contributed by atoms with Gasteiger partial charge in [-0.2, -0.15) is 0 Å². The maximum Gasteiger partial charge on any atom is 0.258 e. The predicted octanol–water partition coefficient (Wildman–Crippen LogP) is 4.66. The Hall–Kier alpha value is -2.25. The lowest BCUT2D eigenvalue weighted by molar-refractivity contribution is 0.0927. The van der Waals surface area contributed by atoms with Gasteiger partial charge in [0.05, 0.1) is 16.8 Å². The van der Waals surface area contributed by atoms with Crippen LogP contribution in [0, 0.1) is 0 Å². The number of para-hydroxylation sites is 1. The van der Waals surface area contributed by atoms with E-state index < -0.39 is 0 Å². The van der Waals surface area contributed by atoms with Crippen LogP contribution in [-0.4, -0.2) is 30.0 Å². The number of carbonyl (C=O) groups is 2. The number of carbonyl (C=O) groups excluding carboxylic acids is 2. The predicted molar refractivity (Wildman–Crippen MR) is 123 cm³/mol. The maximum absolute atomic E-state index is 12.9. The monoisotopic (exact) mass is 473 g/mol. The molecule has 152 valence electrons. The molecule has 29 heavy (non-hydrogen) atoms. The van der Waals surface area contributed by atoms with Crippen LogP contribution in [0.15, 0.2) is 53.0 Å². The number of hydrogen-bond donors (Lipinski definition) is 2. The number of nitrogens with one attached hydrogen (secondary N) is 2. The second-order valence-electron chi connectivity index (χ2n) is 7.12. The van der Waals surface area contributed by atoms with E-state index in [-0.39, 0.29) is 23.0 Å². The van der Waals surface area contributed by atoms with Crippen molar-refractivity contribution in [3.63, 3.8) is 0 Å². The number of thiocarbonyl (C=S) groups is 1. The van der Waals surface area contributed by atoms with Gasteiger partial charge in [-0.1, -0.05) is 43.5 Å². The SMILES string of the molecule is CN(C(=S)NC(=O)c1ccccc1Br)c1ccccc1C(=O)NC1CCCCC1. The lowest BCUT2D eigenvalue weighted by Gasteiger charge is -2.26. The summed E-state index contributed by atoms with van der Waals surface area (Å²) in [7, 11) is 1.75. The summed E-state index contributed by atoms with van der Waals surface area (Å²) in [6.45, 7) is 0. The molecule has 2 N–H and O–H groups in total. The van der Waals surface area contributed by atoms with Crippen molar-refractivity contribution in [2.24, 2.45) is 0 Å². The Morgan fingerprint density at radius 3 is 2.28 bits per heavy atom. The molecule has 1 aliphatic rings. The van der Waals surface area contributed by atoms with E-state index in [4.69, 9.17) is 12.2 Å². The normalized spacial score (nSPS) is 14.1. The molecule has 1 saturated carbocycles. The molecule has 2 aromatic rings. The summed E-state index contributed by atoms with van der Waals surface area (Å²) in [6.07, 6.45) is 5.57. The highest BCUT2D eigenvalue weighted by molar-refractivity contribution is 9.10. The van der Waals surface area contributed by atoms with Crippen LogP contribution < -0.4 is 15.5 Å². The average molecular weight is 474 g/mol. The van der Waals surface area contributed by atoms with E-state index in [1.807, 2.05) is 24.3 Å². The van der Waals surface area contributed by atoms with Gasteiger partial charge in [0, 0.05) is 17.6 Å². The fraction of sp³-hybridized carbons (Fsp3) is 0.318. The molecule has 1 fully saturated rings. The van der Waals surface area contributed by atoms with Crippen molar-refractivity contribution in [1.29, 1.82) is 0 Å². The van der Waals surface area contributed by atoms with E-state index in [1.54, 1.807) is 36.2 Å². The van der Waals surface area contributed by atoms with Gasteiger partial charge in [-0.15, -0.1) is 0 Å². The molecular weight excluding hydrogens is 450 g/mol. The Labute approximate surface area is 185 Å². The van der Waals surface area contributed by atoms with Gasteiger partial charge in [0.15, 0.2) is 5.11 Å². The minimum absolute atomic E-state index is 0.112. The third kappa shape index (κ3) is 5.42. The van der Waals surface area contributed by atoms with Gasteiger partial charge in [-0.25, -0.2) is 0 Å². The first-order chi connectivity index (χ1) is 14.0. The zero-order chi connectivity index (χ0) is 20.8. The molecule has 1 aliphatic carbocycles. The van der Waals surface area contributed by atoms with Crippen molar-refractivity contribution < 1.29 is 9.59 Å². The summed E-state index contributed by atoms with van der Waals surface area (Å²) in [4.78, 5) is 27.1. The molecule has 0 saturated heterocycles. The van der Waals surface area contributed by atoms with Crippen LogP contribution in [0.1, 0.15) is 52.8 Å². The first-order valence-corrected chi connectivity index (χ1v) is 10.9. The summed E-state index contributed by atoms with van der Waals surface area (Å²) in [5.74, 6) is -0.419. The standard InChI is InChI=1S/C22H24BrN3O2S/c1-26(22(29)25-20(27)16-11-5-7-13-18(16)23)19-14-8-6-12-17(19)21(28)24-15-9-3-2-4-10-15/h5-8,11-15H,2-4,9-10H2,1H3,(H,24,28)(H,25,27,29). The maximum atomic E-state index is 12.9. The van der Waals surface area contributed by atoms with Crippen molar-refractivity contribution in [2.45, 2.75) is 38.1 Å². The first-order valence-electron chi connectivity index (χ1n) is 9.71. The van der Waals surface area contributed by atoms with Gasteiger partial charge in [-0.05, 0) is 65.3 Å². The Balaban J connectivity index is 1.72.